The molecule has 1 aromatic carbocycles. The van der Waals surface area contributed by atoms with Gasteiger partial charge in [0.2, 0.25) is 0 Å². The topological polar surface area (TPSA) is 110 Å². The lowest BCUT2D eigenvalue weighted by Crippen LogP contribution is -2.39. The largest absolute Gasteiger partial charge is 0.417 e. The summed E-state index contributed by atoms with van der Waals surface area (Å²) in [6.45, 7) is 2.09. The summed E-state index contributed by atoms with van der Waals surface area (Å²) in [5, 5.41) is 16.2. The van der Waals surface area contributed by atoms with E-state index in [-0.39, 0.29) is 31.1 Å². The van der Waals surface area contributed by atoms with Crippen LogP contribution in [-0.2, 0) is 12.6 Å². The van der Waals surface area contributed by atoms with E-state index in [1.54, 1.807) is 6.92 Å². The Morgan fingerprint density at radius 2 is 2.19 bits per heavy atom. The molecule has 0 unspecified atom stereocenters. The summed E-state index contributed by atoms with van der Waals surface area (Å²) in [5.74, 6) is -0.369. The van der Waals surface area contributed by atoms with Gasteiger partial charge in [0.05, 0.1) is 41.0 Å². The van der Waals surface area contributed by atoms with Gasteiger partial charge in [-0.15, -0.1) is 5.10 Å². The van der Waals surface area contributed by atoms with E-state index in [1.165, 1.54) is 27.9 Å². The van der Waals surface area contributed by atoms with Gasteiger partial charge in [0.25, 0.3) is 5.91 Å². The molecule has 3 N–H and O–H groups in total. The third kappa shape index (κ3) is 4.57. The zero-order chi connectivity index (χ0) is 22.8. The zero-order valence-electron chi connectivity index (χ0n) is 16.5. The van der Waals surface area contributed by atoms with Gasteiger partial charge in [-0.2, -0.15) is 13.2 Å². The molecule has 1 amide bonds. The highest BCUT2D eigenvalue weighted by molar-refractivity contribution is 6.34. The number of halogens is 4. The van der Waals surface area contributed by atoms with Crippen LogP contribution < -0.4 is 5.73 Å². The quantitative estimate of drug-likeness (QED) is 0.672. The summed E-state index contributed by atoms with van der Waals surface area (Å²) >= 11 is 5.92. The van der Waals surface area contributed by atoms with E-state index >= 15 is 0 Å². The Bertz CT molecular complexity index is 1030. The lowest BCUT2D eigenvalue weighted by Gasteiger charge is -2.33. The molecule has 0 spiro atoms. The van der Waals surface area contributed by atoms with Crippen molar-refractivity contribution in [3.8, 4) is 0 Å². The van der Waals surface area contributed by atoms with E-state index in [0.29, 0.717) is 17.8 Å². The van der Waals surface area contributed by atoms with Crippen molar-refractivity contribution < 1.29 is 23.1 Å². The summed E-state index contributed by atoms with van der Waals surface area (Å²) in [6, 6.07) is 2.71. The number of nitrogens with zero attached hydrogens (tertiary/aromatic N) is 5. The molecule has 12 heteroatoms. The average Bonchev–Trinajstić information content (AvgIpc) is 3.15. The van der Waals surface area contributed by atoms with Crippen LogP contribution >= 0.6 is 11.6 Å². The first-order chi connectivity index (χ1) is 14.7. The van der Waals surface area contributed by atoms with E-state index in [9.17, 15) is 18.0 Å². The molecule has 0 bridgehead atoms. The highest BCUT2D eigenvalue weighted by atomic mass is 35.5. The lowest BCUT2D eigenvalue weighted by molar-refractivity contribution is -0.137. The van der Waals surface area contributed by atoms with Crippen LogP contribution in [0, 0.1) is 0 Å². The summed E-state index contributed by atoms with van der Waals surface area (Å²) in [5.41, 5.74) is 5.92. The number of carbonyl (C=O) groups is 1. The van der Waals surface area contributed by atoms with Gasteiger partial charge in [0.15, 0.2) is 0 Å². The van der Waals surface area contributed by atoms with Gasteiger partial charge in [-0.25, -0.2) is 4.68 Å². The Labute approximate surface area is 180 Å². The first-order valence-electron chi connectivity index (χ1n) is 9.34. The zero-order valence-corrected chi connectivity index (χ0v) is 17.2. The Kier molecular flexibility index (Phi) is 6.65. The summed E-state index contributed by atoms with van der Waals surface area (Å²) in [4.78, 5) is 18.3. The van der Waals surface area contributed by atoms with E-state index in [0.717, 1.165) is 12.1 Å². The molecule has 0 saturated heterocycles. The van der Waals surface area contributed by atoms with E-state index in [2.05, 4.69) is 15.3 Å². The van der Waals surface area contributed by atoms with Crippen LogP contribution in [0.4, 0.5) is 13.2 Å². The summed E-state index contributed by atoms with van der Waals surface area (Å²) in [7, 11) is 0. The minimum absolute atomic E-state index is 0.0831. The number of aliphatic hydroxyl groups excluding tert-OH is 1. The standard InChI is InChI=1S/C19H20ClF3N6O2/c1-11-17-14(29(27-26-17)15(24)5-7-25-8-10-30)6-9-28(11)18(31)12-3-2-4-13(16(12)20)19(21,22)23/h2-5,7,11,30H,6,8-10,24H2,1H3/t11-/m0/s1. The number of aliphatic imine (C=N–C) groups is 1. The molecule has 0 radical (unpaired) electrons. The normalized spacial score (nSPS) is 17.3. The van der Waals surface area contributed by atoms with Gasteiger partial charge in [-0.05, 0) is 25.1 Å². The number of rotatable bonds is 5. The number of benzene rings is 1. The molecule has 2 aromatic rings. The third-order valence-corrected chi connectivity index (χ3v) is 5.27. The van der Waals surface area contributed by atoms with Gasteiger partial charge in [0, 0.05) is 19.2 Å². The first kappa shape index (κ1) is 22.8. The molecule has 2 heterocycles. The Balaban J connectivity index is 1.87. The number of aromatic nitrogens is 3. The number of aliphatic hydroxyl groups is 1. The van der Waals surface area contributed by atoms with Crippen molar-refractivity contribution in [1.29, 1.82) is 0 Å². The molecule has 8 nitrogen and oxygen atoms in total. The van der Waals surface area contributed by atoms with Gasteiger partial charge < -0.3 is 15.7 Å². The smallest absolute Gasteiger partial charge is 0.394 e. The molecule has 166 valence electrons. The number of carbonyl (C=O) groups excluding carboxylic acids is 1. The maximum absolute atomic E-state index is 13.1. The SMILES string of the molecule is C[C@H]1c2nnn(C(N)=CC=NCCO)c2CCN1C(=O)c1cccc(C(F)(F)F)c1Cl. The predicted molar refractivity (Wildman–Crippen MR) is 109 cm³/mol. The molecule has 1 atom stereocenters. The first-order valence-corrected chi connectivity index (χ1v) is 9.72. The maximum Gasteiger partial charge on any atom is 0.417 e. The number of nitrogens with two attached hydrogens (primary N) is 1. The monoisotopic (exact) mass is 456 g/mol. The molecule has 0 saturated carbocycles. The number of amides is 1. The van der Waals surface area contributed by atoms with Crippen LogP contribution in [0.15, 0.2) is 29.3 Å². The molecule has 1 aliphatic heterocycles. The minimum Gasteiger partial charge on any atom is -0.394 e. The van der Waals surface area contributed by atoms with Gasteiger partial charge in [-0.1, -0.05) is 22.9 Å². The molecule has 0 aliphatic carbocycles. The summed E-state index contributed by atoms with van der Waals surface area (Å²) < 4.78 is 40.9. The average molecular weight is 457 g/mol. The van der Waals surface area contributed by atoms with Crippen molar-refractivity contribution in [2.24, 2.45) is 10.7 Å². The molecule has 0 fully saturated rings. The molecular formula is C19H20ClF3N6O2. The van der Waals surface area contributed by atoms with Crippen molar-refractivity contribution in [2.75, 3.05) is 19.7 Å². The Morgan fingerprint density at radius 3 is 2.87 bits per heavy atom. The van der Waals surface area contributed by atoms with Gasteiger partial charge in [-0.3, -0.25) is 9.79 Å². The second kappa shape index (κ2) is 9.06. The molecule has 1 aliphatic rings. The minimum atomic E-state index is -4.67. The van der Waals surface area contributed by atoms with Crippen molar-refractivity contribution in [2.45, 2.75) is 25.6 Å². The Morgan fingerprint density at radius 1 is 1.45 bits per heavy atom. The highest BCUT2D eigenvalue weighted by Gasteiger charge is 2.37. The number of hydrogen-bond donors (Lipinski definition) is 2. The van der Waals surface area contributed by atoms with Crippen LogP contribution in [-0.4, -0.2) is 56.8 Å². The number of fused-ring (bicyclic) bond motifs is 1. The van der Waals surface area contributed by atoms with Crippen molar-refractivity contribution in [3.63, 3.8) is 0 Å². The highest BCUT2D eigenvalue weighted by Crippen LogP contribution is 2.38. The maximum atomic E-state index is 13.1. The van der Waals surface area contributed by atoms with E-state index < -0.39 is 28.7 Å². The molecular weight excluding hydrogens is 437 g/mol. The fourth-order valence-corrected chi connectivity index (χ4v) is 3.64. The van der Waals surface area contributed by atoms with Gasteiger partial charge in [0.1, 0.15) is 11.5 Å². The van der Waals surface area contributed by atoms with Crippen molar-refractivity contribution in [3.05, 3.63) is 51.8 Å². The molecule has 3 rings (SSSR count). The second-order valence-electron chi connectivity index (χ2n) is 6.79. The number of hydrogen-bond acceptors (Lipinski definition) is 6. The Hall–Kier alpha value is -2.92. The van der Waals surface area contributed by atoms with Crippen LogP contribution in [0.5, 0.6) is 0 Å². The fraction of sp³-hybridized carbons (Fsp3) is 0.368. The fourth-order valence-electron chi connectivity index (χ4n) is 3.33. The van der Waals surface area contributed by atoms with Crippen molar-refractivity contribution >= 4 is 29.5 Å². The summed E-state index contributed by atoms with van der Waals surface area (Å²) in [6.07, 6.45) is -1.37. The van der Waals surface area contributed by atoms with Crippen LogP contribution in [0.2, 0.25) is 5.02 Å². The van der Waals surface area contributed by atoms with Crippen LogP contribution in [0.3, 0.4) is 0 Å². The van der Waals surface area contributed by atoms with Crippen LogP contribution in [0.25, 0.3) is 5.82 Å². The van der Waals surface area contributed by atoms with E-state index in [1.807, 2.05) is 0 Å². The third-order valence-electron chi connectivity index (χ3n) is 4.87. The van der Waals surface area contributed by atoms with Crippen molar-refractivity contribution in [1.82, 2.24) is 19.9 Å². The number of allylic oxidation sites excluding steroid dienone is 1. The predicted octanol–water partition coefficient (Wildman–Crippen LogP) is 2.53. The molecule has 1 aromatic heterocycles. The lowest BCUT2D eigenvalue weighted by atomic mass is 10.0. The van der Waals surface area contributed by atoms with E-state index in [4.69, 9.17) is 22.4 Å². The molecule has 31 heavy (non-hydrogen) atoms. The van der Waals surface area contributed by atoms with Gasteiger partial charge >= 0.3 is 6.18 Å². The second-order valence-corrected chi connectivity index (χ2v) is 7.17. The number of alkyl halides is 3. The van der Waals surface area contributed by atoms with Crippen LogP contribution in [0.1, 0.15) is 40.3 Å².